The van der Waals surface area contributed by atoms with E-state index in [0.717, 1.165) is 0 Å². The van der Waals surface area contributed by atoms with E-state index < -0.39 is 18.5 Å². The molecule has 2 aromatic rings. The Labute approximate surface area is 168 Å². The Kier molecular flexibility index (Phi) is 8.14. The minimum Gasteiger partial charge on any atom is -0.459 e. The second kappa shape index (κ2) is 10.8. The Morgan fingerprint density at radius 2 is 1.79 bits per heavy atom. The normalized spacial score (nSPS) is 10.4. The molecule has 0 spiro atoms. The summed E-state index contributed by atoms with van der Waals surface area (Å²) in [6, 6.07) is 9.46. The zero-order chi connectivity index (χ0) is 21.2. The Bertz CT molecular complexity index is 841. The molecule has 1 aromatic carbocycles. The molecule has 8 heteroatoms. The summed E-state index contributed by atoms with van der Waals surface area (Å²) in [5.74, 6) is -1.08. The first-order chi connectivity index (χ1) is 13.8. The quantitative estimate of drug-likeness (QED) is 0.468. The molecule has 8 nitrogen and oxygen atoms in total. The fourth-order valence-corrected chi connectivity index (χ4v) is 2.40. The van der Waals surface area contributed by atoms with Crippen LogP contribution >= 0.6 is 0 Å². The lowest BCUT2D eigenvalue weighted by atomic mass is 10.1. The van der Waals surface area contributed by atoms with Crippen molar-refractivity contribution in [3.63, 3.8) is 0 Å². The maximum absolute atomic E-state index is 12.1. The highest BCUT2D eigenvalue weighted by atomic mass is 16.5. The van der Waals surface area contributed by atoms with Gasteiger partial charge in [0.25, 0.3) is 5.91 Å². The molecule has 29 heavy (non-hydrogen) atoms. The third-order valence-electron chi connectivity index (χ3n) is 3.81. The van der Waals surface area contributed by atoms with Crippen LogP contribution in [0.15, 0.2) is 47.1 Å². The minimum atomic E-state index is -0.601. The highest BCUT2D eigenvalue weighted by Crippen LogP contribution is 2.12. The third-order valence-corrected chi connectivity index (χ3v) is 3.81. The number of anilines is 1. The summed E-state index contributed by atoms with van der Waals surface area (Å²) in [5.41, 5.74) is 0.960. The van der Waals surface area contributed by atoms with Gasteiger partial charge in [0, 0.05) is 24.2 Å². The maximum Gasteiger partial charge on any atom is 0.308 e. The average Bonchev–Trinajstić information content (AvgIpc) is 3.21. The molecule has 0 unspecified atom stereocenters. The van der Waals surface area contributed by atoms with Crippen molar-refractivity contribution >= 4 is 29.3 Å². The first-order valence-corrected chi connectivity index (χ1v) is 9.25. The number of benzene rings is 1. The Balaban J connectivity index is 1.70. The molecule has 2 rings (SSSR count). The van der Waals surface area contributed by atoms with E-state index in [1.54, 1.807) is 30.3 Å². The predicted molar refractivity (Wildman–Crippen MR) is 105 cm³/mol. The van der Waals surface area contributed by atoms with Gasteiger partial charge in [-0.2, -0.15) is 0 Å². The number of ether oxygens (including phenoxy) is 1. The summed E-state index contributed by atoms with van der Waals surface area (Å²) in [4.78, 5) is 47.2. The van der Waals surface area contributed by atoms with Crippen LogP contribution in [0.5, 0.6) is 0 Å². The van der Waals surface area contributed by atoms with Crippen LogP contribution in [0.4, 0.5) is 5.69 Å². The molecule has 0 saturated carbocycles. The number of amides is 2. The van der Waals surface area contributed by atoms with Gasteiger partial charge in [-0.3, -0.25) is 19.2 Å². The Hall–Kier alpha value is -3.42. The lowest BCUT2D eigenvalue weighted by Crippen LogP contribution is -2.26. The van der Waals surface area contributed by atoms with E-state index in [-0.39, 0.29) is 36.3 Å². The molecule has 0 saturated heterocycles. The molecular weight excluding hydrogens is 376 g/mol. The molecule has 1 aromatic heterocycles. The van der Waals surface area contributed by atoms with Crippen molar-refractivity contribution in [3.05, 3.63) is 54.0 Å². The SMILES string of the molecule is CC(C)CC(=O)Nc1ccc(C(=O)COC(=O)CCNC(=O)c2ccco2)cc1. The van der Waals surface area contributed by atoms with E-state index in [9.17, 15) is 19.2 Å². The van der Waals surface area contributed by atoms with Crippen molar-refractivity contribution in [1.29, 1.82) is 0 Å². The van der Waals surface area contributed by atoms with Gasteiger partial charge in [0.05, 0.1) is 12.7 Å². The summed E-state index contributed by atoms with van der Waals surface area (Å²) < 4.78 is 9.87. The van der Waals surface area contributed by atoms with Gasteiger partial charge >= 0.3 is 5.97 Å². The van der Waals surface area contributed by atoms with E-state index >= 15 is 0 Å². The monoisotopic (exact) mass is 400 g/mol. The minimum absolute atomic E-state index is 0.0668. The summed E-state index contributed by atoms with van der Waals surface area (Å²) in [7, 11) is 0. The molecule has 154 valence electrons. The van der Waals surface area contributed by atoms with Crippen molar-refractivity contribution < 1.29 is 28.3 Å². The van der Waals surface area contributed by atoms with Crippen molar-refractivity contribution in [2.75, 3.05) is 18.5 Å². The number of furan rings is 1. The molecule has 2 amide bonds. The molecule has 0 aliphatic heterocycles. The van der Waals surface area contributed by atoms with Gasteiger partial charge in [-0.05, 0) is 42.3 Å². The van der Waals surface area contributed by atoms with E-state index in [4.69, 9.17) is 9.15 Å². The van der Waals surface area contributed by atoms with Gasteiger partial charge in [0.1, 0.15) is 0 Å². The lowest BCUT2D eigenvalue weighted by Gasteiger charge is -2.08. The van der Waals surface area contributed by atoms with E-state index in [1.807, 2.05) is 13.8 Å². The highest BCUT2D eigenvalue weighted by Gasteiger charge is 2.12. The topological polar surface area (TPSA) is 115 Å². The summed E-state index contributed by atoms with van der Waals surface area (Å²) in [6.07, 6.45) is 1.72. The molecule has 0 atom stereocenters. The van der Waals surface area contributed by atoms with Gasteiger partial charge in [0.15, 0.2) is 18.2 Å². The van der Waals surface area contributed by atoms with Gasteiger partial charge in [0.2, 0.25) is 5.91 Å². The number of hydrogen-bond acceptors (Lipinski definition) is 6. The Morgan fingerprint density at radius 3 is 2.41 bits per heavy atom. The first kappa shape index (κ1) is 21.9. The standard InChI is InChI=1S/C21H24N2O6/c1-14(2)12-19(25)23-16-7-5-15(6-8-16)17(24)13-29-20(26)9-10-22-21(27)18-4-3-11-28-18/h3-8,11,14H,9-10,12-13H2,1-2H3,(H,22,27)(H,23,25). The van der Waals surface area contributed by atoms with E-state index in [1.165, 1.54) is 12.3 Å². The summed E-state index contributed by atoms with van der Waals surface area (Å²) in [6.45, 7) is 3.58. The zero-order valence-electron chi connectivity index (χ0n) is 16.4. The highest BCUT2D eigenvalue weighted by molar-refractivity contribution is 5.99. The molecular formula is C21H24N2O6. The third kappa shape index (κ3) is 7.61. The van der Waals surface area contributed by atoms with Crippen molar-refractivity contribution in [2.45, 2.75) is 26.7 Å². The smallest absolute Gasteiger partial charge is 0.308 e. The number of hydrogen-bond donors (Lipinski definition) is 2. The number of carbonyl (C=O) groups is 4. The van der Waals surface area contributed by atoms with Crippen LogP contribution in [-0.2, 0) is 14.3 Å². The second-order valence-electron chi connectivity index (χ2n) is 6.79. The van der Waals surface area contributed by atoms with Crippen LogP contribution in [0.3, 0.4) is 0 Å². The molecule has 2 N–H and O–H groups in total. The van der Waals surface area contributed by atoms with Crippen LogP contribution in [0.2, 0.25) is 0 Å². The Morgan fingerprint density at radius 1 is 1.07 bits per heavy atom. The molecule has 0 aliphatic rings. The largest absolute Gasteiger partial charge is 0.459 e. The zero-order valence-corrected chi connectivity index (χ0v) is 16.4. The molecule has 1 heterocycles. The average molecular weight is 400 g/mol. The summed E-state index contributed by atoms with van der Waals surface area (Å²) >= 11 is 0. The maximum atomic E-state index is 12.1. The number of Topliss-reactive ketones (excluding diaryl/α,β-unsaturated/α-hetero) is 1. The predicted octanol–water partition coefficient (Wildman–Crippen LogP) is 2.81. The van der Waals surface area contributed by atoms with Crippen LogP contribution in [0, 0.1) is 5.92 Å². The van der Waals surface area contributed by atoms with Gasteiger partial charge < -0.3 is 19.8 Å². The van der Waals surface area contributed by atoms with E-state index in [2.05, 4.69) is 10.6 Å². The number of nitrogens with one attached hydrogen (secondary N) is 2. The van der Waals surface area contributed by atoms with Gasteiger partial charge in [-0.15, -0.1) is 0 Å². The number of ketones is 1. The molecule has 0 radical (unpaired) electrons. The van der Waals surface area contributed by atoms with E-state index in [0.29, 0.717) is 17.7 Å². The number of rotatable bonds is 10. The molecule has 0 fully saturated rings. The van der Waals surface area contributed by atoms with Crippen LogP contribution in [0.1, 0.15) is 47.6 Å². The van der Waals surface area contributed by atoms with Crippen LogP contribution < -0.4 is 10.6 Å². The van der Waals surface area contributed by atoms with Gasteiger partial charge in [-0.25, -0.2) is 0 Å². The fourth-order valence-electron chi connectivity index (χ4n) is 2.40. The number of carbonyl (C=O) groups excluding carboxylic acids is 4. The van der Waals surface area contributed by atoms with Crippen LogP contribution in [-0.4, -0.2) is 36.7 Å². The first-order valence-electron chi connectivity index (χ1n) is 9.25. The van der Waals surface area contributed by atoms with Crippen molar-refractivity contribution in [3.8, 4) is 0 Å². The fraction of sp³-hybridized carbons (Fsp3) is 0.333. The summed E-state index contributed by atoms with van der Waals surface area (Å²) in [5, 5.41) is 5.27. The van der Waals surface area contributed by atoms with Crippen LogP contribution in [0.25, 0.3) is 0 Å². The second-order valence-corrected chi connectivity index (χ2v) is 6.79. The number of esters is 1. The van der Waals surface area contributed by atoms with Crippen molar-refractivity contribution in [1.82, 2.24) is 5.32 Å². The molecule has 0 bridgehead atoms. The molecule has 0 aliphatic carbocycles. The lowest BCUT2D eigenvalue weighted by molar-refractivity contribution is -0.142. The van der Waals surface area contributed by atoms with Gasteiger partial charge in [-0.1, -0.05) is 13.8 Å². The van der Waals surface area contributed by atoms with Crippen molar-refractivity contribution in [2.24, 2.45) is 5.92 Å².